The topological polar surface area (TPSA) is 55.8 Å². The van der Waals surface area contributed by atoms with Crippen LogP contribution in [0.4, 0.5) is 0 Å². The van der Waals surface area contributed by atoms with Crippen molar-refractivity contribution in [2.75, 3.05) is 40.3 Å². The molecule has 2 N–H and O–H groups in total. The lowest BCUT2D eigenvalue weighted by atomic mass is 10.1. The lowest BCUT2D eigenvalue weighted by Crippen LogP contribution is -2.54. The van der Waals surface area contributed by atoms with Crippen LogP contribution in [-0.4, -0.2) is 67.1 Å². The minimum absolute atomic E-state index is 0.137. The zero-order chi connectivity index (χ0) is 14.7. The molecule has 0 saturated carbocycles. The molecule has 0 bridgehead atoms. The number of nitrogens with zero attached hydrogens (tertiary/aromatic N) is 2. The number of hydrogen-bond donors (Lipinski definition) is 2. The molecule has 1 unspecified atom stereocenters. The van der Waals surface area contributed by atoms with Crippen LogP contribution >= 0.6 is 0 Å². The fraction of sp³-hybridized carbons (Fsp3) is 0.533. The van der Waals surface area contributed by atoms with Crippen molar-refractivity contribution >= 4 is 5.91 Å². The Bertz CT molecular complexity index is 490. The third kappa shape index (κ3) is 3.49. The van der Waals surface area contributed by atoms with Crippen molar-refractivity contribution in [1.82, 2.24) is 15.1 Å². The van der Waals surface area contributed by atoms with Gasteiger partial charge in [-0.1, -0.05) is 6.07 Å². The number of carbonyl (C=O) groups is 1. The highest BCUT2D eigenvalue weighted by Gasteiger charge is 2.22. The maximum Gasteiger partial charge on any atom is 0.251 e. The highest BCUT2D eigenvalue weighted by atomic mass is 16.3. The first-order chi connectivity index (χ1) is 9.47. The van der Waals surface area contributed by atoms with E-state index in [1.165, 1.54) is 6.07 Å². The van der Waals surface area contributed by atoms with Gasteiger partial charge in [0.15, 0.2) is 0 Å². The smallest absolute Gasteiger partial charge is 0.251 e. The summed E-state index contributed by atoms with van der Waals surface area (Å²) in [4.78, 5) is 16.6. The van der Waals surface area contributed by atoms with Gasteiger partial charge in [0.2, 0.25) is 0 Å². The minimum Gasteiger partial charge on any atom is -0.508 e. The Morgan fingerprint density at radius 3 is 2.85 bits per heavy atom. The number of amides is 1. The van der Waals surface area contributed by atoms with Crippen LogP contribution in [0.5, 0.6) is 5.75 Å². The van der Waals surface area contributed by atoms with Crippen molar-refractivity contribution in [2.45, 2.75) is 13.0 Å². The lowest BCUT2D eigenvalue weighted by Gasteiger charge is -2.37. The van der Waals surface area contributed by atoms with Crippen molar-refractivity contribution < 1.29 is 9.90 Å². The standard InChI is InChI=1S/C15H23N3O2/c1-11-4-5-12(8-14(11)19)15(20)16-9-13-10-17(2)6-7-18(13)3/h4-5,8,13,19H,6-7,9-10H2,1-3H3,(H,16,20). The molecule has 5 heteroatoms. The number of piperazine rings is 1. The van der Waals surface area contributed by atoms with Crippen LogP contribution in [0, 0.1) is 6.92 Å². The fourth-order valence-electron chi connectivity index (χ4n) is 2.39. The Labute approximate surface area is 120 Å². The van der Waals surface area contributed by atoms with Crippen LogP contribution in [-0.2, 0) is 0 Å². The van der Waals surface area contributed by atoms with Crippen molar-refractivity contribution in [2.24, 2.45) is 0 Å². The number of carbonyl (C=O) groups excluding carboxylic acids is 1. The van der Waals surface area contributed by atoms with Gasteiger partial charge in [-0.25, -0.2) is 0 Å². The second kappa shape index (κ2) is 6.24. The van der Waals surface area contributed by atoms with Crippen molar-refractivity contribution in [3.8, 4) is 5.75 Å². The molecule has 1 atom stereocenters. The van der Waals surface area contributed by atoms with Gasteiger partial charge in [-0.3, -0.25) is 9.69 Å². The van der Waals surface area contributed by atoms with E-state index in [0.29, 0.717) is 18.2 Å². The number of aromatic hydroxyl groups is 1. The molecule has 1 aromatic carbocycles. The Balaban J connectivity index is 1.92. The predicted octanol–water partition coefficient (Wildman–Crippen LogP) is 0.676. The molecule has 5 nitrogen and oxygen atoms in total. The third-order valence-electron chi connectivity index (χ3n) is 3.95. The first kappa shape index (κ1) is 14.8. The van der Waals surface area contributed by atoms with Crippen LogP contribution in [0.25, 0.3) is 0 Å². The second-order valence-corrected chi connectivity index (χ2v) is 5.61. The normalized spacial score (nSPS) is 20.9. The van der Waals surface area contributed by atoms with Crippen LogP contribution in [0.2, 0.25) is 0 Å². The first-order valence-corrected chi connectivity index (χ1v) is 6.94. The zero-order valence-corrected chi connectivity index (χ0v) is 12.4. The quantitative estimate of drug-likeness (QED) is 0.853. The van der Waals surface area contributed by atoms with E-state index in [2.05, 4.69) is 29.2 Å². The van der Waals surface area contributed by atoms with Gasteiger partial charge in [0.05, 0.1) is 0 Å². The highest BCUT2D eigenvalue weighted by Crippen LogP contribution is 2.17. The van der Waals surface area contributed by atoms with E-state index < -0.39 is 0 Å². The maximum atomic E-state index is 12.1. The molecule has 1 heterocycles. The van der Waals surface area contributed by atoms with Crippen molar-refractivity contribution in [3.63, 3.8) is 0 Å². The summed E-state index contributed by atoms with van der Waals surface area (Å²) in [6.07, 6.45) is 0. The van der Waals surface area contributed by atoms with Gasteiger partial charge in [0, 0.05) is 37.8 Å². The van der Waals surface area contributed by atoms with Gasteiger partial charge in [-0.15, -0.1) is 0 Å². The van der Waals surface area contributed by atoms with Gasteiger partial charge in [0.25, 0.3) is 5.91 Å². The van der Waals surface area contributed by atoms with Crippen molar-refractivity contribution in [1.29, 1.82) is 0 Å². The summed E-state index contributed by atoms with van der Waals surface area (Å²) in [5.41, 5.74) is 1.27. The van der Waals surface area contributed by atoms with Crippen LogP contribution in [0.15, 0.2) is 18.2 Å². The zero-order valence-electron chi connectivity index (χ0n) is 12.4. The average molecular weight is 277 g/mol. The molecule has 20 heavy (non-hydrogen) atoms. The van der Waals surface area contributed by atoms with Crippen LogP contribution in [0.1, 0.15) is 15.9 Å². The molecule has 0 radical (unpaired) electrons. The lowest BCUT2D eigenvalue weighted by molar-refractivity contribution is 0.0881. The van der Waals surface area contributed by atoms with Gasteiger partial charge >= 0.3 is 0 Å². The predicted molar refractivity (Wildman–Crippen MR) is 79.1 cm³/mol. The van der Waals surface area contributed by atoms with E-state index in [1.807, 2.05) is 6.92 Å². The third-order valence-corrected chi connectivity index (χ3v) is 3.95. The first-order valence-electron chi connectivity index (χ1n) is 6.94. The summed E-state index contributed by atoms with van der Waals surface area (Å²) in [6.45, 7) is 5.46. The fourth-order valence-corrected chi connectivity index (χ4v) is 2.39. The molecule has 1 amide bonds. The summed E-state index contributed by atoms with van der Waals surface area (Å²) in [6, 6.07) is 5.34. The molecular formula is C15H23N3O2. The highest BCUT2D eigenvalue weighted by molar-refractivity contribution is 5.94. The van der Waals surface area contributed by atoms with E-state index in [0.717, 1.165) is 25.2 Å². The van der Waals surface area contributed by atoms with E-state index in [1.54, 1.807) is 12.1 Å². The van der Waals surface area contributed by atoms with Gasteiger partial charge < -0.3 is 15.3 Å². The Morgan fingerprint density at radius 2 is 2.15 bits per heavy atom. The number of benzene rings is 1. The molecule has 0 spiro atoms. The number of aryl methyl sites for hydroxylation is 1. The molecule has 1 aliphatic heterocycles. The summed E-state index contributed by atoms with van der Waals surface area (Å²) in [5, 5.41) is 12.6. The number of likely N-dealkylation sites (N-methyl/N-ethyl adjacent to an activating group) is 2. The Hall–Kier alpha value is -1.59. The molecule has 2 rings (SSSR count). The number of rotatable bonds is 3. The number of nitrogens with one attached hydrogen (secondary N) is 1. The summed E-state index contributed by atoms with van der Waals surface area (Å²) < 4.78 is 0. The van der Waals surface area contributed by atoms with E-state index in [-0.39, 0.29) is 11.7 Å². The average Bonchev–Trinajstić information content (AvgIpc) is 2.42. The summed E-state index contributed by atoms with van der Waals surface area (Å²) in [7, 11) is 4.18. The largest absolute Gasteiger partial charge is 0.508 e. The molecule has 110 valence electrons. The van der Waals surface area contributed by atoms with E-state index in [9.17, 15) is 9.90 Å². The van der Waals surface area contributed by atoms with Gasteiger partial charge in [-0.2, -0.15) is 0 Å². The molecule has 1 fully saturated rings. The Kier molecular flexibility index (Phi) is 4.62. The van der Waals surface area contributed by atoms with Crippen LogP contribution < -0.4 is 5.32 Å². The number of phenolic OH excluding ortho intramolecular Hbond substituents is 1. The van der Waals surface area contributed by atoms with Gasteiger partial charge in [0.1, 0.15) is 5.75 Å². The Morgan fingerprint density at radius 1 is 1.40 bits per heavy atom. The van der Waals surface area contributed by atoms with Gasteiger partial charge in [-0.05, 0) is 38.7 Å². The molecule has 0 aromatic heterocycles. The van der Waals surface area contributed by atoms with E-state index in [4.69, 9.17) is 0 Å². The summed E-state index contributed by atoms with van der Waals surface area (Å²) in [5.74, 6) is 0.0223. The monoisotopic (exact) mass is 277 g/mol. The molecule has 1 saturated heterocycles. The molecule has 1 aromatic rings. The summed E-state index contributed by atoms with van der Waals surface area (Å²) >= 11 is 0. The van der Waals surface area contributed by atoms with Crippen LogP contribution in [0.3, 0.4) is 0 Å². The minimum atomic E-state index is -0.137. The molecule has 0 aliphatic carbocycles. The second-order valence-electron chi connectivity index (χ2n) is 5.61. The number of hydrogen-bond acceptors (Lipinski definition) is 4. The molecular weight excluding hydrogens is 254 g/mol. The molecule has 1 aliphatic rings. The van der Waals surface area contributed by atoms with Crippen molar-refractivity contribution in [3.05, 3.63) is 29.3 Å². The SMILES string of the molecule is Cc1ccc(C(=O)NCC2CN(C)CCN2C)cc1O. The van der Waals surface area contributed by atoms with E-state index >= 15 is 0 Å². The number of phenols is 1. The maximum absolute atomic E-state index is 12.1.